The molecule has 2 aromatic rings. The molecule has 2 N–H and O–H groups in total. The zero-order valence-corrected chi connectivity index (χ0v) is 23.8. The Hall–Kier alpha value is -2.47. The number of carbonyl (C=O) groups excluding carboxylic acids is 1. The maximum Gasteiger partial charge on any atom is 0.257 e. The molecule has 1 spiro atoms. The second-order valence-electron chi connectivity index (χ2n) is 11.8. The van der Waals surface area contributed by atoms with E-state index in [9.17, 15) is 21.6 Å². The van der Waals surface area contributed by atoms with Crippen LogP contribution in [0.15, 0.2) is 52.3 Å². The van der Waals surface area contributed by atoms with Gasteiger partial charge in [0.2, 0.25) is 20.0 Å². The van der Waals surface area contributed by atoms with Crippen molar-refractivity contribution < 1.29 is 21.6 Å². The van der Waals surface area contributed by atoms with Gasteiger partial charge in [0, 0.05) is 37.4 Å². The smallest absolute Gasteiger partial charge is 0.257 e. The summed E-state index contributed by atoms with van der Waals surface area (Å²) in [4.78, 5) is 15.9. The lowest BCUT2D eigenvalue weighted by molar-refractivity contribution is 0.102. The van der Waals surface area contributed by atoms with Gasteiger partial charge in [-0.15, -0.1) is 0 Å². The van der Waals surface area contributed by atoms with Crippen LogP contribution >= 0.6 is 0 Å². The lowest BCUT2D eigenvalue weighted by Gasteiger charge is -2.35. The average Bonchev–Trinajstić information content (AvgIpc) is 3.55. The Morgan fingerprint density at radius 1 is 0.868 bits per heavy atom. The first-order valence-corrected chi connectivity index (χ1v) is 16.1. The van der Waals surface area contributed by atoms with E-state index in [-0.39, 0.29) is 9.79 Å². The molecule has 2 saturated heterocycles. The van der Waals surface area contributed by atoms with Crippen LogP contribution < -0.4 is 14.9 Å². The minimum absolute atomic E-state index is 0.0483. The molecular formula is C27H36N4O5S2. The topological polar surface area (TPSA) is 116 Å². The van der Waals surface area contributed by atoms with Gasteiger partial charge in [-0.2, -0.15) is 4.31 Å². The van der Waals surface area contributed by atoms with Gasteiger partial charge in [0.1, 0.15) is 0 Å². The van der Waals surface area contributed by atoms with Gasteiger partial charge >= 0.3 is 0 Å². The molecule has 9 nitrogen and oxygen atoms in total. The van der Waals surface area contributed by atoms with Crippen molar-refractivity contribution in [1.29, 1.82) is 0 Å². The molecule has 2 aliphatic heterocycles. The minimum atomic E-state index is -3.78. The molecule has 206 valence electrons. The van der Waals surface area contributed by atoms with Crippen LogP contribution in [-0.4, -0.2) is 58.8 Å². The van der Waals surface area contributed by atoms with Gasteiger partial charge in [-0.05, 0) is 94.7 Å². The highest BCUT2D eigenvalue weighted by molar-refractivity contribution is 7.89. The monoisotopic (exact) mass is 560 g/mol. The van der Waals surface area contributed by atoms with Crippen molar-refractivity contribution in [3.8, 4) is 0 Å². The maximum absolute atomic E-state index is 13.5. The number of benzene rings is 2. The molecule has 5 rings (SSSR count). The summed E-state index contributed by atoms with van der Waals surface area (Å²) in [5.41, 5.74) is 1.06. The highest BCUT2D eigenvalue weighted by atomic mass is 32.2. The number of amides is 1. The van der Waals surface area contributed by atoms with E-state index >= 15 is 0 Å². The molecule has 11 heteroatoms. The number of sulfonamides is 2. The predicted molar refractivity (Wildman–Crippen MR) is 147 cm³/mol. The standard InChI is InChI=1S/C27H36N4O5S2/c1-26(2,3)29-37(33,34)21-7-4-6-20(18-21)28-25(32)23-9-8-22(38(35,36)31-14-5-15-31)19-24(23)30-16-12-27(10-11-27)13-17-30/h4,6-9,18-19,29H,5,10-17H2,1-3H3,(H,28,32). The van der Waals surface area contributed by atoms with E-state index in [2.05, 4.69) is 14.9 Å². The Labute approximate surface area is 225 Å². The third kappa shape index (κ3) is 5.61. The number of carbonyl (C=O) groups is 1. The normalized spacial score (nSPS) is 19.7. The highest BCUT2D eigenvalue weighted by Crippen LogP contribution is 2.54. The first-order valence-electron chi connectivity index (χ1n) is 13.1. The molecule has 1 saturated carbocycles. The number of piperidine rings is 1. The Morgan fingerprint density at radius 2 is 1.55 bits per heavy atom. The molecule has 3 aliphatic rings. The number of anilines is 2. The van der Waals surface area contributed by atoms with Gasteiger partial charge < -0.3 is 10.2 Å². The summed E-state index contributed by atoms with van der Waals surface area (Å²) in [5.74, 6) is -0.419. The third-order valence-electron chi connectivity index (χ3n) is 7.63. The summed E-state index contributed by atoms with van der Waals surface area (Å²) in [6.07, 6.45) is 5.37. The maximum atomic E-state index is 13.5. The molecule has 3 fully saturated rings. The van der Waals surface area contributed by atoms with Crippen LogP contribution in [0.3, 0.4) is 0 Å². The molecule has 2 aromatic carbocycles. The number of nitrogens with zero attached hydrogens (tertiary/aromatic N) is 2. The summed E-state index contributed by atoms with van der Waals surface area (Å²) < 4.78 is 55.9. The van der Waals surface area contributed by atoms with Gasteiger partial charge in [-0.1, -0.05) is 6.07 Å². The SMILES string of the molecule is CC(C)(C)NS(=O)(=O)c1cccc(NC(=O)c2ccc(S(=O)(=O)N3CCC3)cc2N2CCC3(CC2)CC3)c1. The number of nitrogens with one attached hydrogen (secondary N) is 2. The first-order chi connectivity index (χ1) is 17.8. The van der Waals surface area contributed by atoms with Crippen LogP contribution in [0.2, 0.25) is 0 Å². The quantitative estimate of drug-likeness (QED) is 0.532. The van der Waals surface area contributed by atoms with Crippen molar-refractivity contribution in [3.05, 3.63) is 48.0 Å². The van der Waals surface area contributed by atoms with Crippen LogP contribution in [0.25, 0.3) is 0 Å². The molecule has 1 aliphatic carbocycles. The van der Waals surface area contributed by atoms with E-state index in [0.29, 0.717) is 35.4 Å². The van der Waals surface area contributed by atoms with Crippen LogP contribution in [0.1, 0.15) is 63.2 Å². The fourth-order valence-corrected chi connectivity index (χ4v) is 8.10. The van der Waals surface area contributed by atoms with Crippen molar-refractivity contribution in [3.63, 3.8) is 0 Å². The van der Waals surface area contributed by atoms with Crippen molar-refractivity contribution in [2.75, 3.05) is 36.4 Å². The van der Waals surface area contributed by atoms with Crippen molar-refractivity contribution >= 4 is 37.3 Å². The van der Waals surface area contributed by atoms with Gasteiger partial charge in [0.05, 0.1) is 21.0 Å². The molecule has 0 atom stereocenters. The van der Waals surface area contributed by atoms with E-state index in [1.54, 1.807) is 45.0 Å². The molecule has 0 bridgehead atoms. The van der Waals surface area contributed by atoms with E-state index < -0.39 is 31.5 Å². The van der Waals surface area contributed by atoms with E-state index in [1.807, 2.05) is 0 Å². The Morgan fingerprint density at radius 3 is 2.13 bits per heavy atom. The lowest BCUT2D eigenvalue weighted by Crippen LogP contribution is -2.42. The fraction of sp³-hybridized carbons (Fsp3) is 0.519. The van der Waals surface area contributed by atoms with E-state index in [1.165, 1.54) is 35.3 Å². The first kappa shape index (κ1) is 27.1. The van der Waals surface area contributed by atoms with Gasteiger partial charge in [0.15, 0.2) is 0 Å². The van der Waals surface area contributed by atoms with E-state index in [0.717, 1.165) is 32.4 Å². The third-order valence-corrected chi connectivity index (χ3v) is 11.3. The van der Waals surface area contributed by atoms with Crippen LogP contribution in [0, 0.1) is 5.41 Å². The van der Waals surface area contributed by atoms with Crippen LogP contribution in [0.4, 0.5) is 11.4 Å². The molecule has 0 aromatic heterocycles. The van der Waals surface area contributed by atoms with Gasteiger partial charge in [0.25, 0.3) is 5.91 Å². The summed E-state index contributed by atoms with van der Waals surface area (Å²) in [6, 6.07) is 10.8. The Kier molecular flexibility index (Phi) is 6.86. The Balaban J connectivity index is 1.44. The lowest BCUT2D eigenvalue weighted by atomic mass is 9.93. The second kappa shape index (κ2) is 9.62. The van der Waals surface area contributed by atoms with Gasteiger partial charge in [-0.3, -0.25) is 4.79 Å². The van der Waals surface area contributed by atoms with Crippen LogP contribution in [0.5, 0.6) is 0 Å². The molecule has 0 unspecified atom stereocenters. The summed E-state index contributed by atoms with van der Waals surface area (Å²) >= 11 is 0. The largest absolute Gasteiger partial charge is 0.371 e. The predicted octanol–water partition coefficient (Wildman–Crippen LogP) is 3.79. The van der Waals surface area contributed by atoms with Crippen molar-refractivity contribution in [2.45, 2.75) is 68.2 Å². The minimum Gasteiger partial charge on any atom is -0.371 e. The average molecular weight is 561 g/mol. The van der Waals surface area contributed by atoms with E-state index in [4.69, 9.17) is 0 Å². The van der Waals surface area contributed by atoms with Crippen molar-refractivity contribution in [1.82, 2.24) is 9.03 Å². The highest BCUT2D eigenvalue weighted by Gasteiger charge is 2.45. The molecule has 0 radical (unpaired) electrons. The molecule has 1 amide bonds. The second-order valence-corrected chi connectivity index (χ2v) is 15.4. The Bertz CT molecular complexity index is 1450. The molecular weight excluding hydrogens is 524 g/mol. The summed E-state index contributed by atoms with van der Waals surface area (Å²) in [5, 5.41) is 2.83. The molecule has 38 heavy (non-hydrogen) atoms. The van der Waals surface area contributed by atoms with Crippen LogP contribution in [-0.2, 0) is 20.0 Å². The van der Waals surface area contributed by atoms with Crippen molar-refractivity contribution in [2.24, 2.45) is 5.41 Å². The fourth-order valence-electron chi connectivity index (χ4n) is 5.10. The zero-order chi connectivity index (χ0) is 27.3. The number of rotatable bonds is 7. The summed E-state index contributed by atoms with van der Waals surface area (Å²) in [7, 11) is -7.39. The molecule has 2 heterocycles. The zero-order valence-electron chi connectivity index (χ0n) is 22.2. The number of hydrogen-bond acceptors (Lipinski definition) is 6. The van der Waals surface area contributed by atoms with Gasteiger partial charge in [-0.25, -0.2) is 21.6 Å². The summed E-state index contributed by atoms with van der Waals surface area (Å²) in [6.45, 7) is 7.82. The number of hydrogen-bond donors (Lipinski definition) is 2.